The molecular formula is C16H26N4O2. The zero-order chi connectivity index (χ0) is 16.9. The molecule has 22 heavy (non-hydrogen) atoms. The third kappa shape index (κ3) is 4.46. The predicted molar refractivity (Wildman–Crippen MR) is 89.7 cm³/mol. The zero-order valence-corrected chi connectivity index (χ0v) is 14.0. The summed E-state index contributed by atoms with van der Waals surface area (Å²) in [5, 5.41) is 12.1. The Hall–Kier alpha value is -2.08. The van der Waals surface area contributed by atoms with E-state index in [9.17, 15) is 9.90 Å². The number of hydrogen-bond acceptors (Lipinski definition) is 3. The van der Waals surface area contributed by atoms with Crippen LogP contribution in [0.15, 0.2) is 23.8 Å². The average Bonchev–Trinajstić information content (AvgIpc) is 2.83. The number of amides is 1. The summed E-state index contributed by atoms with van der Waals surface area (Å²) in [5.41, 5.74) is 1.53. The molecule has 3 N–H and O–H groups in total. The van der Waals surface area contributed by atoms with Gasteiger partial charge in [0.2, 0.25) is 0 Å². The van der Waals surface area contributed by atoms with E-state index in [1.165, 1.54) is 0 Å². The van der Waals surface area contributed by atoms with Crippen LogP contribution in [0.4, 0.5) is 5.69 Å². The number of aryl methyl sites for hydroxylation is 1. The maximum absolute atomic E-state index is 12.4. The lowest BCUT2D eigenvalue weighted by Gasteiger charge is -2.21. The van der Waals surface area contributed by atoms with Crippen molar-refractivity contribution < 1.29 is 9.90 Å². The molecule has 6 heteroatoms. The van der Waals surface area contributed by atoms with E-state index in [-0.39, 0.29) is 17.9 Å². The number of rotatable bonds is 6. The first-order valence-corrected chi connectivity index (χ1v) is 7.17. The summed E-state index contributed by atoms with van der Waals surface area (Å²) in [4.78, 5) is 21.7. The molecular weight excluding hydrogens is 280 g/mol. The van der Waals surface area contributed by atoms with Crippen LogP contribution >= 0.6 is 0 Å². The molecule has 0 unspecified atom stereocenters. The number of nitrogens with one attached hydrogen (secondary N) is 2. The highest BCUT2D eigenvalue weighted by atomic mass is 16.3. The van der Waals surface area contributed by atoms with Gasteiger partial charge in [0.15, 0.2) is 0 Å². The number of likely N-dealkylation sites (N-methyl/N-ethyl adjacent to an activating group) is 1. The Labute approximate surface area is 131 Å². The van der Waals surface area contributed by atoms with Gasteiger partial charge in [0.1, 0.15) is 5.84 Å². The summed E-state index contributed by atoms with van der Waals surface area (Å²) >= 11 is 0. The van der Waals surface area contributed by atoms with Gasteiger partial charge in [-0.1, -0.05) is 20.4 Å². The van der Waals surface area contributed by atoms with Crippen LogP contribution in [0.25, 0.3) is 0 Å². The van der Waals surface area contributed by atoms with Crippen LogP contribution in [0.3, 0.4) is 0 Å². The molecule has 0 saturated heterocycles. The SMILES string of the molecule is C=CC(=Nc1c(C(=O)NCC(C)(C)CO)c[nH]c1C)N(C)C. The number of aliphatic imine (C=N–C) groups is 1. The molecule has 0 bridgehead atoms. The maximum atomic E-state index is 12.4. The van der Waals surface area contributed by atoms with Crippen molar-refractivity contribution in [3.8, 4) is 0 Å². The standard InChI is InChI=1S/C16H26N4O2/c1-7-13(20(5)6)19-14-11(2)17-8-12(14)15(22)18-9-16(3,4)10-21/h7-8,17,21H,1,9-10H2,2-6H3,(H,18,22). The second-order valence-corrected chi connectivity index (χ2v) is 6.25. The normalized spacial score (nSPS) is 12.2. The van der Waals surface area contributed by atoms with Crippen molar-refractivity contribution in [2.24, 2.45) is 10.4 Å². The Morgan fingerprint density at radius 2 is 2.18 bits per heavy atom. The van der Waals surface area contributed by atoms with Gasteiger partial charge in [0.05, 0.1) is 11.3 Å². The minimum atomic E-state index is -0.361. The highest BCUT2D eigenvalue weighted by Crippen LogP contribution is 2.24. The molecule has 0 aliphatic rings. The van der Waals surface area contributed by atoms with Crippen molar-refractivity contribution in [1.29, 1.82) is 0 Å². The molecule has 0 spiro atoms. The fourth-order valence-electron chi connectivity index (χ4n) is 1.75. The molecule has 1 rings (SSSR count). The van der Waals surface area contributed by atoms with E-state index in [0.717, 1.165) is 5.69 Å². The summed E-state index contributed by atoms with van der Waals surface area (Å²) in [6.07, 6.45) is 3.29. The second kappa shape index (κ2) is 7.26. The summed E-state index contributed by atoms with van der Waals surface area (Å²) in [6, 6.07) is 0. The molecule has 1 aromatic rings. The molecule has 0 aliphatic heterocycles. The van der Waals surface area contributed by atoms with E-state index >= 15 is 0 Å². The van der Waals surface area contributed by atoms with Gasteiger partial charge in [-0.05, 0) is 13.0 Å². The minimum Gasteiger partial charge on any atom is -0.396 e. The third-order valence-electron chi connectivity index (χ3n) is 3.31. The summed E-state index contributed by atoms with van der Waals surface area (Å²) in [7, 11) is 3.73. The Morgan fingerprint density at radius 3 is 2.68 bits per heavy atom. The van der Waals surface area contributed by atoms with E-state index in [1.807, 2.05) is 39.8 Å². The number of carbonyl (C=O) groups excluding carboxylic acids is 1. The predicted octanol–water partition coefficient (Wildman–Crippen LogP) is 1.85. The molecule has 0 aromatic carbocycles. The number of aliphatic hydroxyl groups is 1. The molecule has 1 heterocycles. The fourth-order valence-corrected chi connectivity index (χ4v) is 1.75. The number of hydrogen-bond donors (Lipinski definition) is 3. The van der Waals surface area contributed by atoms with Crippen LogP contribution in [0.5, 0.6) is 0 Å². The van der Waals surface area contributed by atoms with Crippen molar-refractivity contribution in [1.82, 2.24) is 15.2 Å². The highest BCUT2D eigenvalue weighted by Gasteiger charge is 2.20. The molecule has 0 atom stereocenters. The van der Waals surface area contributed by atoms with Crippen molar-refractivity contribution in [3.63, 3.8) is 0 Å². The van der Waals surface area contributed by atoms with E-state index in [2.05, 4.69) is 21.9 Å². The Kier molecular flexibility index (Phi) is 5.93. The molecule has 0 radical (unpaired) electrons. The molecule has 0 aliphatic carbocycles. The minimum absolute atomic E-state index is 0.00565. The maximum Gasteiger partial charge on any atom is 0.255 e. The first kappa shape index (κ1) is 18.0. The van der Waals surface area contributed by atoms with Gasteiger partial charge < -0.3 is 20.3 Å². The first-order valence-electron chi connectivity index (χ1n) is 7.17. The lowest BCUT2D eigenvalue weighted by atomic mass is 9.95. The number of H-pyrrole nitrogens is 1. The lowest BCUT2D eigenvalue weighted by Crippen LogP contribution is -2.36. The smallest absolute Gasteiger partial charge is 0.255 e. The third-order valence-corrected chi connectivity index (χ3v) is 3.31. The number of nitrogens with zero attached hydrogens (tertiary/aromatic N) is 2. The monoisotopic (exact) mass is 306 g/mol. The Morgan fingerprint density at radius 1 is 1.55 bits per heavy atom. The quantitative estimate of drug-likeness (QED) is 0.554. The van der Waals surface area contributed by atoms with E-state index in [1.54, 1.807) is 12.3 Å². The largest absolute Gasteiger partial charge is 0.396 e. The van der Waals surface area contributed by atoms with E-state index < -0.39 is 0 Å². The molecule has 0 saturated carbocycles. The molecule has 1 aromatic heterocycles. The van der Waals surface area contributed by atoms with Gasteiger partial charge in [-0.2, -0.15) is 0 Å². The number of aromatic nitrogens is 1. The van der Waals surface area contributed by atoms with Crippen LogP contribution in [-0.2, 0) is 0 Å². The topological polar surface area (TPSA) is 80.7 Å². The summed E-state index contributed by atoms with van der Waals surface area (Å²) in [6.45, 7) is 9.76. The highest BCUT2D eigenvalue weighted by molar-refractivity contribution is 6.02. The van der Waals surface area contributed by atoms with E-state index in [0.29, 0.717) is 23.6 Å². The van der Waals surface area contributed by atoms with E-state index in [4.69, 9.17) is 0 Å². The number of aliphatic hydroxyl groups excluding tert-OH is 1. The average molecular weight is 306 g/mol. The molecule has 0 fully saturated rings. The first-order chi connectivity index (χ1) is 10.2. The van der Waals surface area contributed by atoms with Crippen LogP contribution in [0, 0.1) is 12.3 Å². The number of amidine groups is 1. The summed E-state index contributed by atoms with van der Waals surface area (Å²) in [5.74, 6) is 0.458. The summed E-state index contributed by atoms with van der Waals surface area (Å²) < 4.78 is 0. The fraction of sp³-hybridized carbons (Fsp3) is 0.500. The van der Waals surface area contributed by atoms with Gasteiger partial charge in [0, 0.05) is 44.6 Å². The van der Waals surface area contributed by atoms with Crippen LogP contribution in [0.1, 0.15) is 29.9 Å². The van der Waals surface area contributed by atoms with Gasteiger partial charge in [-0.15, -0.1) is 0 Å². The van der Waals surface area contributed by atoms with Crippen LogP contribution in [0.2, 0.25) is 0 Å². The van der Waals surface area contributed by atoms with Crippen molar-refractivity contribution in [2.75, 3.05) is 27.2 Å². The second-order valence-electron chi connectivity index (χ2n) is 6.25. The zero-order valence-electron chi connectivity index (χ0n) is 14.0. The molecule has 1 amide bonds. The lowest BCUT2D eigenvalue weighted by molar-refractivity contribution is 0.0912. The van der Waals surface area contributed by atoms with Gasteiger partial charge >= 0.3 is 0 Å². The number of aromatic amines is 1. The molecule has 6 nitrogen and oxygen atoms in total. The number of carbonyl (C=O) groups is 1. The van der Waals surface area contributed by atoms with Gasteiger partial charge in [-0.3, -0.25) is 4.79 Å². The van der Waals surface area contributed by atoms with Crippen LogP contribution < -0.4 is 5.32 Å². The van der Waals surface area contributed by atoms with Crippen molar-refractivity contribution >= 4 is 17.4 Å². The Bertz CT molecular complexity index is 571. The molecule has 122 valence electrons. The Balaban J connectivity index is 3.03. The van der Waals surface area contributed by atoms with Crippen molar-refractivity contribution in [3.05, 3.63) is 30.1 Å². The van der Waals surface area contributed by atoms with Crippen molar-refractivity contribution in [2.45, 2.75) is 20.8 Å². The van der Waals surface area contributed by atoms with Crippen LogP contribution in [-0.4, -0.2) is 54.0 Å². The van der Waals surface area contributed by atoms with Gasteiger partial charge in [0.25, 0.3) is 5.91 Å². The van der Waals surface area contributed by atoms with Gasteiger partial charge in [-0.25, -0.2) is 4.99 Å².